The van der Waals surface area contributed by atoms with Crippen molar-refractivity contribution in [1.29, 1.82) is 0 Å². The zero-order valence-electron chi connectivity index (χ0n) is 14.0. The number of carbonyl (C=O) groups excluding carboxylic acids is 1. The van der Waals surface area contributed by atoms with Gasteiger partial charge in [0.1, 0.15) is 0 Å². The minimum Gasteiger partial charge on any atom is -0.332 e. The molecule has 6 heteroatoms. The number of aryl methyl sites for hydroxylation is 1. The summed E-state index contributed by atoms with van der Waals surface area (Å²) in [4.78, 5) is 14.6. The Morgan fingerprint density at radius 1 is 1.16 bits per heavy atom. The highest BCUT2D eigenvalue weighted by Crippen LogP contribution is 2.29. The summed E-state index contributed by atoms with van der Waals surface area (Å²) >= 11 is 0. The molecule has 1 atom stereocenters. The Bertz CT molecular complexity index is 910. The summed E-state index contributed by atoms with van der Waals surface area (Å²) in [7, 11) is 1.86. The normalized spacial score (nSPS) is 17.0. The monoisotopic (exact) mass is 333 g/mol. The highest BCUT2D eigenvalue weighted by molar-refractivity contribution is 5.91. The van der Waals surface area contributed by atoms with Gasteiger partial charge in [0, 0.05) is 44.8 Å². The number of benzene rings is 1. The van der Waals surface area contributed by atoms with Crippen molar-refractivity contribution < 1.29 is 4.79 Å². The average molecular weight is 333 g/mol. The Morgan fingerprint density at radius 3 is 2.80 bits per heavy atom. The highest BCUT2D eigenvalue weighted by Gasteiger charge is 2.28. The first kappa shape index (κ1) is 15.4. The molecule has 6 nitrogen and oxygen atoms in total. The molecule has 0 aliphatic carbocycles. The van der Waals surface area contributed by atoms with Crippen LogP contribution in [0.15, 0.2) is 61.1 Å². The third kappa shape index (κ3) is 2.98. The minimum absolute atomic E-state index is 0.00661. The molecule has 3 aromatic rings. The number of hydrogen-bond acceptors (Lipinski definition) is 3. The summed E-state index contributed by atoms with van der Waals surface area (Å²) in [5.41, 5.74) is 3.29. The first-order valence-corrected chi connectivity index (χ1v) is 8.24. The van der Waals surface area contributed by atoms with Crippen LogP contribution in [0.25, 0.3) is 6.08 Å². The number of aromatic nitrogens is 4. The molecule has 1 amide bonds. The SMILES string of the molecule is Cn1nccc1/C=C/C(=O)N1Cc2ccccc2C(n2cccn2)C1. The molecule has 25 heavy (non-hydrogen) atoms. The maximum absolute atomic E-state index is 12.7. The molecular weight excluding hydrogens is 314 g/mol. The third-order valence-electron chi connectivity index (χ3n) is 4.58. The first-order valence-electron chi connectivity index (χ1n) is 8.24. The molecule has 0 saturated heterocycles. The van der Waals surface area contributed by atoms with Crippen molar-refractivity contribution in [2.24, 2.45) is 7.05 Å². The maximum Gasteiger partial charge on any atom is 0.247 e. The number of amides is 1. The second-order valence-corrected chi connectivity index (χ2v) is 6.13. The maximum atomic E-state index is 12.7. The number of nitrogens with zero attached hydrogens (tertiary/aromatic N) is 5. The Labute approximate surface area is 146 Å². The number of hydrogen-bond donors (Lipinski definition) is 0. The van der Waals surface area contributed by atoms with Crippen molar-refractivity contribution in [1.82, 2.24) is 24.5 Å². The van der Waals surface area contributed by atoms with Gasteiger partial charge in [-0.25, -0.2) is 0 Å². The fourth-order valence-electron chi connectivity index (χ4n) is 3.25. The Balaban J connectivity index is 1.60. The molecule has 1 aromatic carbocycles. The van der Waals surface area contributed by atoms with Crippen LogP contribution in [-0.4, -0.2) is 36.9 Å². The van der Waals surface area contributed by atoms with Gasteiger partial charge in [0.15, 0.2) is 0 Å². The van der Waals surface area contributed by atoms with Crippen LogP contribution >= 0.6 is 0 Å². The molecular formula is C19H19N5O. The van der Waals surface area contributed by atoms with E-state index in [-0.39, 0.29) is 11.9 Å². The van der Waals surface area contributed by atoms with Crippen LogP contribution in [-0.2, 0) is 18.4 Å². The van der Waals surface area contributed by atoms with E-state index in [9.17, 15) is 4.79 Å². The molecule has 126 valence electrons. The van der Waals surface area contributed by atoms with Gasteiger partial charge in [-0.05, 0) is 29.3 Å². The fraction of sp³-hybridized carbons (Fsp3) is 0.211. The lowest BCUT2D eigenvalue weighted by atomic mass is 9.95. The lowest BCUT2D eigenvalue weighted by Gasteiger charge is -2.34. The van der Waals surface area contributed by atoms with Crippen LogP contribution in [0.3, 0.4) is 0 Å². The van der Waals surface area contributed by atoms with E-state index in [2.05, 4.69) is 22.3 Å². The topological polar surface area (TPSA) is 56.0 Å². The predicted molar refractivity (Wildman–Crippen MR) is 94.5 cm³/mol. The summed E-state index contributed by atoms with van der Waals surface area (Å²) in [6, 6.07) is 12.1. The van der Waals surface area contributed by atoms with Gasteiger partial charge in [-0.15, -0.1) is 0 Å². The molecule has 0 saturated carbocycles. The van der Waals surface area contributed by atoms with Crippen molar-refractivity contribution in [3.05, 3.63) is 77.9 Å². The summed E-state index contributed by atoms with van der Waals surface area (Å²) in [5.74, 6) is -0.00661. The minimum atomic E-state index is -0.00661. The van der Waals surface area contributed by atoms with Gasteiger partial charge in [0.05, 0.1) is 11.7 Å². The quantitative estimate of drug-likeness (QED) is 0.691. The van der Waals surface area contributed by atoms with Crippen molar-refractivity contribution >= 4 is 12.0 Å². The molecule has 0 spiro atoms. The Kier molecular flexibility index (Phi) is 3.93. The van der Waals surface area contributed by atoms with E-state index < -0.39 is 0 Å². The number of fused-ring (bicyclic) bond motifs is 1. The van der Waals surface area contributed by atoms with E-state index >= 15 is 0 Å². The molecule has 0 N–H and O–H groups in total. The van der Waals surface area contributed by atoms with Crippen LogP contribution in [0.4, 0.5) is 0 Å². The van der Waals surface area contributed by atoms with E-state index in [1.165, 1.54) is 5.56 Å². The van der Waals surface area contributed by atoms with Gasteiger partial charge < -0.3 is 4.90 Å². The van der Waals surface area contributed by atoms with Crippen LogP contribution in [0.5, 0.6) is 0 Å². The smallest absolute Gasteiger partial charge is 0.247 e. The van der Waals surface area contributed by atoms with E-state index in [4.69, 9.17) is 0 Å². The molecule has 1 aliphatic heterocycles. The molecule has 2 aromatic heterocycles. The molecule has 0 radical (unpaired) electrons. The van der Waals surface area contributed by atoms with Crippen LogP contribution in [0.1, 0.15) is 22.9 Å². The first-order chi connectivity index (χ1) is 12.2. The highest BCUT2D eigenvalue weighted by atomic mass is 16.2. The van der Waals surface area contributed by atoms with Crippen LogP contribution in [0, 0.1) is 0 Å². The van der Waals surface area contributed by atoms with Gasteiger partial charge >= 0.3 is 0 Å². The Morgan fingerprint density at radius 2 is 2.04 bits per heavy atom. The zero-order chi connectivity index (χ0) is 17.2. The van der Waals surface area contributed by atoms with Gasteiger partial charge in [-0.3, -0.25) is 14.2 Å². The summed E-state index contributed by atoms with van der Waals surface area (Å²) in [6.07, 6.45) is 8.85. The summed E-state index contributed by atoms with van der Waals surface area (Å²) in [5, 5.41) is 8.49. The van der Waals surface area contributed by atoms with Gasteiger partial charge in [0.25, 0.3) is 0 Å². The number of carbonyl (C=O) groups is 1. The zero-order valence-corrected chi connectivity index (χ0v) is 14.0. The van der Waals surface area contributed by atoms with E-state index in [0.717, 1.165) is 11.3 Å². The van der Waals surface area contributed by atoms with Gasteiger partial charge in [0.2, 0.25) is 5.91 Å². The van der Waals surface area contributed by atoms with Crippen LogP contribution in [0.2, 0.25) is 0 Å². The largest absolute Gasteiger partial charge is 0.332 e. The average Bonchev–Trinajstić information content (AvgIpc) is 3.30. The molecule has 0 bridgehead atoms. The van der Waals surface area contributed by atoms with E-state index in [0.29, 0.717) is 13.1 Å². The second kappa shape index (κ2) is 6.39. The third-order valence-corrected chi connectivity index (χ3v) is 4.58. The lowest BCUT2D eigenvalue weighted by Crippen LogP contribution is -2.39. The van der Waals surface area contributed by atoms with Crippen molar-refractivity contribution in [3.63, 3.8) is 0 Å². The van der Waals surface area contributed by atoms with Crippen LogP contribution < -0.4 is 0 Å². The fourth-order valence-corrected chi connectivity index (χ4v) is 3.25. The molecule has 1 unspecified atom stereocenters. The molecule has 4 rings (SSSR count). The van der Waals surface area contributed by atoms with E-state index in [1.807, 2.05) is 47.1 Å². The van der Waals surface area contributed by atoms with Crippen molar-refractivity contribution in [2.45, 2.75) is 12.6 Å². The number of rotatable bonds is 3. The van der Waals surface area contributed by atoms with Gasteiger partial charge in [-0.2, -0.15) is 10.2 Å². The second-order valence-electron chi connectivity index (χ2n) is 6.13. The molecule has 0 fully saturated rings. The predicted octanol–water partition coefficient (Wildman–Crippen LogP) is 2.26. The summed E-state index contributed by atoms with van der Waals surface area (Å²) in [6.45, 7) is 1.22. The standard InChI is InChI=1S/C19H19N5O/c1-22-16(9-11-20-22)7-8-19(25)23-13-15-5-2-3-6-17(15)18(14-23)24-12-4-10-21-24/h2-12,18H,13-14H2,1H3/b8-7+. The molecule has 1 aliphatic rings. The van der Waals surface area contributed by atoms with E-state index in [1.54, 1.807) is 29.2 Å². The summed E-state index contributed by atoms with van der Waals surface area (Å²) < 4.78 is 3.66. The Hall–Kier alpha value is -3.15. The molecule has 3 heterocycles. The lowest BCUT2D eigenvalue weighted by molar-refractivity contribution is -0.127. The van der Waals surface area contributed by atoms with Crippen molar-refractivity contribution in [3.8, 4) is 0 Å². The van der Waals surface area contributed by atoms with Gasteiger partial charge in [-0.1, -0.05) is 24.3 Å². The van der Waals surface area contributed by atoms with Crippen molar-refractivity contribution in [2.75, 3.05) is 6.54 Å².